The highest BCUT2D eigenvalue weighted by atomic mass is 35.5. The first-order valence-electron chi connectivity index (χ1n) is 10.4. The van der Waals surface area contributed by atoms with Crippen LogP contribution >= 0.6 is 11.6 Å². The molecule has 0 radical (unpaired) electrons. The zero-order valence-corrected chi connectivity index (χ0v) is 17.8. The molecule has 160 valence electrons. The highest BCUT2D eigenvalue weighted by molar-refractivity contribution is 6.30. The second kappa shape index (κ2) is 9.75. The number of piperidine rings is 1. The van der Waals surface area contributed by atoms with Crippen LogP contribution < -0.4 is 5.32 Å². The second-order valence-corrected chi connectivity index (χ2v) is 8.10. The van der Waals surface area contributed by atoms with E-state index in [2.05, 4.69) is 20.5 Å². The third-order valence-electron chi connectivity index (χ3n) is 5.49. The molecule has 3 heterocycles. The van der Waals surface area contributed by atoms with Gasteiger partial charge in [0, 0.05) is 42.6 Å². The fourth-order valence-electron chi connectivity index (χ4n) is 3.77. The molecule has 1 aliphatic heterocycles. The van der Waals surface area contributed by atoms with Crippen molar-refractivity contribution in [2.45, 2.75) is 19.3 Å². The van der Waals surface area contributed by atoms with Crippen LogP contribution in [0.3, 0.4) is 0 Å². The zero-order chi connectivity index (χ0) is 21.6. The number of nitrogens with one attached hydrogen (secondary N) is 2. The van der Waals surface area contributed by atoms with E-state index in [9.17, 15) is 9.59 Å². The number of hydrogen-bond donors (Lipinski definition) is 2. The number of pyridine rings is 1. The maximum Gasteiger partial charge on any atom is 0.271 e. The van der Waals surface area contributed by atoms with Crippen LogP contribution in [-0.2, 0) is 11.2 Å². The number of aromatic amines is 1. The van der Waals surface area contributed by atoms with E-state index in [1.807, 2.05) is 36.4 Å². The van der Waals surface area contributed by atoms with E-state index in [4.69, 9.17) is 11.6 Å². The number of benzene rings is 1. The second-order valence-electron chi connectivity index (χ2n) is 7.66. The first-order valence-corrected chi connectivity index (χ1v) is 10.7. The Labute approximate surface area is 185 Å². The van der Waals surface area contributed by atoms with E-state index >= 15 is 0 Å². The van der Waals surface area contributed by atoms with Gasteiger partial charge in [-0.15, -0.1) is 0 Å². The minimum Gasteiger partial charge on any atom is -0.355 e. The Morgan fingerprint density at radius 2 is 1.94 bits per heavy atom. The molecule has 0 saturated carbocycles. The maximum atomic E-state index is 12.9. The van der Waals surface area contributed by atoms with Gasteiger partial charge in [0.25, 0.3) is 5.91 Å². The van der Waals surface area contributed by atoms with Gasteiger partial charge in [-0.1, -0.05) is 23.7 Å². The molecule has 1 atom stereocenters. The van der Waals surface area contributed by atoms with E-state index < -0.39 is 0 Å². The van der Waals surface area contributed by atoms with Crippen LogP contribution in [-0.4, -0.2) is 51.5 Å². The van der Waals surface area contributed by atoms with Gasteiger partial charge in [0.1, 0.15) is 5.69 Å². The molecular formula is C23H24ClN5O2. The first kappa shape index (κ1) is 21.1. The fraction of sp³-hybridized carbons (Fsp3) is 0.304. The monoisotopic (exact) mass is 437 g/mol. The Bertz CT molecular complexity index is 1040. The molecule has 0 spiro atoms. The molecule has 8 heteroatoms. The standard InChI is InChI=1S/C23H24ClN5O2/c24-19-5-3-16(4-6-19)7-12-26-22(30)18-2-1-13-29(15-18)23(31)21-14-20(27-28-21)17-8-10-25-11-9-17/h3-6,8-11,14,18H,1-2,7,12-13,15H2,(H,26,30)(H,27,28)/t18-/m1/s1. The van der Waals surface area contributed by atoms with Crippen LogP contribution in [0, 0.1) is 5.92 Å². The van der Waals surface area contributed by atoms with E-state index in [-0.39, 0.29) is 17.7 Å². The lowest BCUT2D eigenvalue weighted by Gasteiger charge is -2.31. The quantitative estimate of drug-likeness (QED) is 0.618. The number of halogens is 1. The number of likely N-dealkylation sites (tertiary alicyclic amines) is 1. The zero-order valence-electron chi connectivity index (χ0n) is 17.1. The van der Waals surface area contributed by atoms with Gasteiger partial charge in [-0.2, -0.15) is 5.10 Å². The number of rotatable bonds is 6. The van der Waals surface area contributed by atoms with Crippen LogP contribution in [0.25, 0.3) is 11.3 Å². The third-order valence-corrected chi connectivity index (χ3v) is 5.74. The Balaban J connectivity index is 1.31. The van der Waals surface area contributed by atoms with E-state index in [0.717, 1.165) is 30.4 Å². The molecule has 7 nitrogen and oxygen atoms in total. The summed E-state index contributed by atoms with van der Waals surface area (Å²) in [5, 5.41) is 10.8. The minimum atomic E-state index is -0.203. The van der Waals surface area contributed by atoms with Gasteiger partial charge < -0.3 is 10.2 Å². The Morgan fingerprint density at radius 3 is 2.71 bits per heavy atom. The SMILES string of the molecule is O=C(NCCc1ccc(Cl)cc1)[C@@H]1CCCN(C(=O)c2cc(-c3ccncc3)n[nH]2)C1. The van der Waals surface area contributed by atoms with Crippen molar-refractivity contribution in [1.82, 2.24) is 25.4 Å². The molecule has 2 amide bonds. The number of H-pyrrole nitrogens is 1. The average molecular weight is 438 g/mol. The van der Waals surface area contributed by atoms with Crippen molar-refractivity contribution in [3.63, 3.8) is 0 Å². The van der Waals surface area contributed by atoms with Crippen molar-refractivity contribution in [3.05, 3.63) is 71.1 Å². The van der Waals surface area contributed by atoms with Gasteiger partial charge in [-0.3, -0.25) is 19.7 Å². The van der Waals surface area contributed by atoms with E-state index in [1.165, 1.54) is 0 Å². The molecule has 3 aromatic rings. The Hall–Kier alpha value is -3.19. The first-order chi connectivity index (χ1) is 15.1. The smallest absolute Gasteiger partial charge is 0.271 e. The number of carbonyl (C=O) groups excluding carboxylic acids is 2. The Kier molecular flexibility index (Phi) is 6.62. The van der Waals surface area contributed by atoms with Gasteiger partial charge in [0.05, 0.1) is 11.6 Å². The summed E-state index contributed by atoms with van der Waals surface area (Å²) in [6.45, 7) is 1.60. The van der Waals surface area contributed by atoms with Gasteiger partial charge in [0.2, 0.25) is 5.91 Å². The summed E-state index contributed by atoms with van der Waals surface area (Å²) in [5.74, 6) is -0.342. The van der Waals surface area contributed by atoms with Crippen molar-refractivity contribution < 1.29 is 9.59 Å². The number of nitrogens with zero attached hydrogens (tertiary/aromatic N) is 3. The lowest BCUT2D eigenvalue weighted by molar-refractivity contribution is -0.126. The molecule has 0 bridgehead atoms. The van der Waals surface area contributed by atoms with Crippen LogP contribution in [0.1, 0.15) is 28.9 Å². The molecule has 2 aromatic heterocycles. The van der Waals surface area contributed by atoms with Crippen molar-refractivity contribution in [1.29, 1.82) is 0 Å². The third kappa shape index (κ3) is 5.30. The molecule has 0 unspecified atom stereocenters. The molecule has 1 saturated heterocycles. The van der Waals surface area contributed by atoms with E-state index in [1.54, 1.807) is 23.4 Å². The molecule has 1 aliphatic rings. The molecule has 31 heavy (non-hydrogen) atoms. The predicted octanol–water partition coefficient (Wildman–Crippen LogP) is 3.34. The van der Waals surface area contributed by atoms with E-state index in [0.29, 0.717) is 36.0 Å². The Morgan fingerprint density at radius 1 is 1.16 bits per heavy atom. The topological polar surface area (TPSA) is 91.0 Å². The predicted molar refractivity (Wildman–Crippen MR) is 119 cm³/mol. The van der Waals surface area contributed by atoms with Crippen LogP contribution in [0.15, 0.2) is 54.9 Å². The van der Waals surface area contributed by atoms with Crippen molar-refractivity contribution >= 4 is 23.4 Å². The normalized spacial score (nSPS) is 16.2. The van der Waals surface area contributed by atoms with Gasteiger partial charge >= 0.3 is 0 Å². The van der Waals surface area contributed by atoms with Crippen LogP contribution in [0.5, 0.6) is 0 Å². The van der Waals surface area contributed by atoms with Gasteiger partial charge in [-0.05, 0) is 55.2 Å². The van der Waals surface area contributed by atoms with Gasteiger partial charge in [0.15, 0.2) is 0 Å². The summed E-state index contributed by atoms with van der Waals surface area (Å²) < 4.78 is 0. The summed E-state index contributed by atoms with van der Waals surface area (Å²) in [5.41, 5.74) is 3.13. The summed E-state index contributed by atoms with van der Waals surface area (Å²) in [4.78, 5) is 31.3. The molecule has 1 fully saturated rings. The molecular weight excluding hydrogens is 414 g/mol. The van der Waals surface area contributed by atoms with Crippen LogP contribution in [0.2, 0.25) is 5.02 Å². The lowest BCUT2D eigenvalue weighted by atomic mass is 9.96. The molecule has 0 aliphatic carbocycles. The highest BCUT2D eigenvalue weighted by Crippen LogP contribution is 2.21. The molecule has 1 aromatic carbocycles. The summed E-state index contributed by atoms with van der Waals surface area (Å²) >= 11 is 5.90. The molecule has 4 rings (SSSR count). The largest absolute Gasteiger partial charge is 0.355 e. The molecule has 2 N–H and O–H groups in total. The van der Waals surface area contributed by atoms with Crippen molar-refractivity contribution in [2.24, 2.45) is 5.92 Å². The fourth-order valence-corrected chi connectivity index (χ4v) is 3.90. The van der Waals surface area contributed by atoms with Gasteiger partial charge in [-0.25, -0.2) is 0 Å². The highest BCUT2D eigenvalue weighted by Gasteiger charge is 2.29. The number of hydrogen-bond acceptors (Lipinski definition) is 4. The van der Waals surface area contributed by atoms with Crippen LogP contribution in [0.4, 0.5) is 0 Å². The number of carbonyl (C=O) groups is 2. The maximum absolute atomic E-state index is 12.9. The number of aromatic nitrogens is 3. The van der Waals surface area contributed by atoms with Crippen molar-refractivity contribution in [3.8, 4) is 11.3 Å². The minimum absolute atomic E-state index is 0.00597. The lowest BCUT2D eigenvalue weighted by Crippen LogP contribution is -2.45. The van der Waals surface area contributed by atoms with Crippen molar-refractivity contribution in [2.75, 3.05) is 19.6 Å². The summed E-state index contributed by atoms with van der Waals surface area (Å²) in [6, 6.07) is 13.0. The average Bonchev–Trinajstić information content (AvgIpc) is 3.31. The summed E-state index contributed by atoms with van der Waals surface area (Å²) in [6.07, 6.45) is 5.69. The number of amides is 2. The summed E-state index contributed by atoms with van der Waals surface area (Å²) in [7, 11) is 0.